The van der Waals surface area contributed by atoms with E-state index in [4.69, 9.17) is 0 Å². The molecule has 0 saturated heterocycles. The first kappa shape index (κ1) is 5.53. The molecule has 0 aromatic carbocycles. The summed E-state index contributed by atoms with van der Waals surface area (Å²) in [6.07, 6.45) is 1.32. The van der Waals surface area contributed by atoms with Crippen LogP contribution in [0.3, 0.4) is 0 Å². The van der Waals surface area contributed by atoms with E-state index in [0.29, 0.717) is 11.8 Å². The van der Waals surface area contributed by atoms with E-state index in [1.165, 1.54) is 6.42 Å². The van der Waals surface area contributed by atoms with Gasteiger partial charge >= 0.3 is 0 Å². The molecule has 0 aromatic rings. The van der Waals surface area contributed by atoms with Gasteiger partial charge in [0.15, 0.2) is 0 Å². The van der Waals surface area contributed by atoms with Crippen molar-refractivity contribution in [1.82, 2.24) is 0 Å². The summed E-state index contributed by atoms with van der Waals surface area (Å²) in [6.45, 7) is 0. The maximum atomic E-state index is 12.1. The van der Waals surface area contributed by atoms with Gasteiger partial charge in [-0.05, 0) is 53.8 Å². The molecule has 2 bridgehead atoms. The fourth-order valence-electron chi connectivity index (χ4n) is 7.14. The molecule has 13 heavy (non-hydrogen) atoms. The van der Waals surface area contributed by atoms with E-state index in [1.807, 2.05) is 0 Å². The average Bonchev–Trinajstić information content (AvgIpc) is 2.48. The molecule has 66 valence electrons. The second-order valence-corrected chi connectivity index (χ2v) is 6.48. The Kier molecular flexibility index (Phi) is 0.498. The molecular formula is C12H12O. The third-order valence-corrected chi connectivity index (χ3v) is 6.91. The lowest BCUT2D eigenvalue weighted by atomic mass is 9.69. The van der Waals surface area contributed by atoms with Gasteiger partial charge in [0, 0.05) is 11.8 Å². The topological polar surface area (TPSA) is 17.1 Å². The molecule has 10 atom stereocenters. The standard InChI is InChI=1S/C12H12O/c13-12-3-1-2-4-5(3)8-10-7(4)9(6(2)12)11(8)10/h2-11H,1H2. The van der Waals surface area contributed by atoms with Crippen molar-refractivity contribution in [2.24, 2.45) is 59.2 Å². The minimum atomic E-state index is 0.579. The van der Waals surface area contributed by atoms with E-state index in [1.54, 1.807) is 0 Å². The Bertz CT molecular complexity index is 385. The summed E-state index contributed by atoms with van der Waals surface area (Å²) >= 11 is 0. The van der Waals surface area contributed by atoms with Crippen LogP contribution >= 0.6 is 0 Å². The van der Waals surface area contributed by atoms with Crippen LogP contribution in [0.2, 0.25) is 0 Å². The van der Waals surface area contributed by atoms with Crippen molar-refractivity contribution < 1.29 is 4.79 Å². The normalized spacial score (nSPS) is 87.8. The number of rotatable bonds is 0. The molecule has 0 heterocycles. The fourth-order valence-corrected chi connectivity index (χ4v) is 7.14. The number of carbonyl (C=O) groups excluding carboxylic acids is 1. The summed E-state index contributed by atoms with van der Waals surface area (Å²) in [5, 5.41) is 0. The van der Waals surface area contributed by atoms with E-state index < -0.39 is 0 Å². The molecular weight excluding hydrogens is 160 g/mol. The van der Waals surface area contributed by atoms with Gasteiger partial charge in [0.05, 0.1) is 0 Å². The highest BCUT2D eigenvalue weighted by Crippen LogP contribution is 2.91. The Morgan fingerprint density at radius 3 is 2.46 bits per heavy atom. The van der Waals surface area contributed by atoms with Gasteiger partial charge in [0.25, 0.3) is 0 Å². The third-order valence-electron chi connectivity index (χ3n) is 6.91. The fraction of sp³-hybridized carbons (Fsp3) is 0.917. The Hall–Kier alpha value is -0.330. The molecule has 0 spiro atoms. The van der Waals surface area contributed by atoms with Crippen molar-refractivity contribution in [2.75, 3.05) is 0 Å². The Balaban J connectivity index is 1.79. The number of ketones is 1. The molecule has 6 aliphatic carbocycles. The van der Waals surface area contributed by atoms with Gasteiger partial charge in [-0.3, -0.25) is 4.79 Å². The first-order valence-corrected chi connectivity index (χ1v) is 5.93. The maximum absolute atomic E-state index is 12.1. The molecule has 1 nitrogen and oxygen atoms in total. The number of carbonyl (C=O) groups is 1. The SMILES string of the molecule is O=C1C2CC3C1C1C4C3C2C2C1C42. The largest absolute Gasteiger partial charge is 0.299 e. The highest BCUT2D eigenvalue weighted by molar-refractivity contribution is 5.90. The van der Waals surface area contributed by atoms with Crippen molar-refractivity contribution >= 4 is 5.78 Å². The second-order valence-electron chi connectivity index (χ2n) is 6.48. The molecule has 1 heteroatoms. The quantitative estimate of drug-likeness (QED) is 0.536. The molecule has 0 aliphatic heterocycles. The monoisotopic (exact) mass is 172 g/mol. The van der Waals surface area contributed by atoms with Gasteiger partial charge in [0.2, 0.25) is 0 Å². The lowest BCUT2D eigenvalue weighted by Gasteiger charge is -2.35. The van der Waals surface area contributed by atoms with Crippen molar-refractivity contribution in [1.29, 1.82) is 0 Å². The number of Topliss-reactive ketones (excluding diaryl/α,β-unsaturated/α-hetero) is 1. The van der Waals surface area contributed by atoms with Crippen LogP contribution in [0.1, 0.15) is 6.42 Å². The molecule has 0 amide bonds. The van der Waals surface area contributed by atoms with Gasteiger partial charge in [-0.25, -0.2) is 0 Å². The molecule has 0 aromatic heterocycles. The minimum Gasteiger partial charge on any atom is -0.299 e. The molecule has 6 fully saturated rings. The van der Waals surface area contributed by atoms with Gasteiger partial charge < -0.3 is 0 Å². The van der Waals surface area contributed by atoms with Gasteiger partial charge in [-0.2, -0.15) is 0 Å². The maximum Gasteiger partial charge on any atom is 0.139 e. The highest BCUT2D eigenvalue weighted by atomic mass is 16.1. The summed E-state index contributed by atoms with van der Waals surface area (Å²) in [6, 6.07) is 0. The summed E-state index contributed by atoms with van der Waals surface area (Å²) in [5.74, 6) is 10.1. The van der Waals surface area contributed by atoms with E-state index in [2.05, 4.69) is 0 Å². The summed E-state index contributed by atoms with van der Waals surface area (Å²) in [4.78, 5) is 12.1. The predicted octanol–water partition coefficient (Wildman–Crippen LogP) is 1.19. The third kappa shape index (κ3) is 0.287. The van der Waals surface area contributed by atoms with Crippen LogP contribution in [-0.2, 0) is 4.79 Å². The van der Waals surface area contributed by atoms with Crippen LogP contribution in [0.5, 0.6) is 0 Å². The molecule has 0 radical (unpaired) electrons. The van der Waals surface area contributed by atoms with Crippen molar-refractivity contribution in [3.05, 3.63) is 0 Å². The lowest BCUT2D eigenvalue weighted by Crippen LogP contribution is -2.32. The second kappa shape index (κ2) is 1.17. The zero-order chi connectivity index (χ0) is 8.06. The molecule has 6 saturated carbocycles. The van der Waals surface area contributed by atoms with Crippen LogP contribution in [-0.4, -0.2) is 5.78 Å². The summed E-state index contributed by atoms with van der Waals surface area (Å²) in [5.41, 5.74) is 0. The van der Waals surface area contributed by atoms with E-state index >= 15 is 0 Å². The molecule has 6 rings (SSSR count). The van der Waals surface area contributed by atoms with E-state index in [0.717, 1.165) is 53.1 Å². The Labute approximate surface area is 76.9 Å². The van der Waals surface area contributed by atoms with Crippen molar-refractivity contribution in [2.45, 2.75) is 6.42 Å². The highest BCUT2D eigenvalue weighted by Gasteiger charge is 2.90. The molecule has 10 unspecified atom stereocenters. The lowest BCUT2D eigenvalue weighted by molar-refractivity contribution is -0.127. The van der Waals surface area contributed by atoms with Crippen molar-refractivity contribution in [3.63, 3.8) is 0 Å². The predicted molar refractivity (Wildman–Crippen MR) is 44.5 cm³/mol. The first-order valence-electron chi connectivity index (χ1n) is 5.93. The zero-order valence-electron chi connectivity index (χ0n) is 7.39. The van der Waals surface area contributed by atoms with Gasteiger partial charge in [0.1, 0.15) is 5.78 Å². The zero-order valence-corrected chi connectivity index (χ0v) is 7.39. The summed E-state index contributed by atoms with van der Waals surface area (Å²) in [7, 11) is 0. The number of hydrogen-bond acceptors (Lipinski definition) is 1. The van der Waals surface area contributed by atoms with Crippen LogP contribution in [0.25, 0.3) is 0 Å². The Morgan fingerprint density at radius 1 is 0.846 bits per heavy atom. The Morgan fingerprint density at radius 2 is 1.54 bits per heavy atom. The average molecular weight is 172 g/mol. The molecule has 0 N–H and O–H groups in total. The first-order chi connectivity index (χ1) is 6.39. The number of hydrogen-bond donors (Lipinski definition) is 0. The van der Waals surface area contributed by atoms with Crippen LogP contribution in [0, 0.1) is 59.2 Å². The van der Waals surface area contributed by atoms with Crippen LogP contribution in [0.4, 0.5) is 0 Å². The van der Waals surface area contributed by atoms with Crippen LogP contribution < -0.4 is 0 Å². The van der Waals surface area contributed by atoms with Crippen molar-refractivity contribution in [3.8, 4) is 0 Å². The van der Waals surface area contributed by atoms with Gasteiger partial charge in [-0.15, -0.1) is 0 Å². The molecule has 6 aliphatic rings. The summed E-state index contributed by atoms with van der Waals surface area (Å²) < 4.78 is 0. The van der Waals surface area contributed by atoms with Gasteiger partial charge in [-0.1, -0.05) is 0 Å². The number of fused-ring (bicyclic) bond motifs is 6. The van der Waals surface area contributed by atoms with Crippen LogP contribution in [0.15, 0.2) is 0 Å². The smallest absolute Gasteiger partial charge is 0.139 e. The van der Waals surface area contributed by atoms with E-state index in [9.17, 15) is 4.79 Å². The minimum absolute atomic E-state index is 0.579. The van der Waals surface area contributed by atoms with E-state index in [-0.39, 0.29) is 0 Å².